The third kappa shape index (κ3) is 2.94. The maximum absolute atomic E-state index is 9.43. The van der Waals surface area contributed by atoms with Gasteiger partial charge < -0.3 is 10.8 Å². The van der Waals surface area contributed by atoms with Gasteiger partial charge in [0.1, 0.15) is 0 Å². The topological polar surface area (TPSA) is 46.2 Å². The van der Waals surface area contributed by atoms with Crippen molar-refractivity contribution in [2.75, 3.05) is 13.2 Å². The standard InChI is InChI=1S/C13H27NO/c1-10(2)11-4-6-12(7-5-11)13(3,8-14)9-15/h10-12,15H,4-9,14H2,1-3H3. The van der Waals surface area contributed by atoms with Crippen molar-refractivity contribution in [1.29, 1.82) is 0 Å². The number of nitrogens with two attached hydrogens (primary N) is 1. The van der Waals surface area contributed by atoms with Gasteiger partial charge in [-0.1, -0.05) is 20.8 Å². The minimum Gasteiger partial charge on any atom is -0.396 e. The summed E-state index contributed by atoms with van der Waals surface area (Å²) in [7, 11) is 0. The third-order valence-electron chi connectivity index (χ3n) is 4.53. The number of aliphatic hydroxyl groups is 1. The molecule has 90 valence electrons. The van der Waals surface area contributed by atoms with Crippen molar-refractivity contribution in [3.63, 3.8) is 0 Å². The van der Waals surface area contributed by atoms with Gasteiger partial charge in [0.2, 0.25) is 0 Å². The van der Waals surface area contributed by atoms with Crippen LogP contribution in [0, 0.1) is 23.2 Å². The van der Waals surface area contributed by atoms with Crippen molar-refractivity contribution in [2.45, 2.75) is 46.5 Å². The second-order valence-corrected chi connectivity index (χ2v) is 5.87. The van der Waals surface area contributed by atoms with Crippen molar-refractivity contribution in [2.24, 2.45) is 28.9 Å². The Balaban J connectivity index is 2.49. The molecule has 1 aliphatic rings. The molecule has 2 heteroatoms. The van der Waals surface area contributed by atoms with Crippen molar-refractivity contribution in [3.05, 3.63) is 0 Å². The Bertz CT molecular complexity index is 179. The molecule has 1 unspecified atom stereocenters. The molecule has 1 rings (SSSR count). The highest BCUT2D eigenvalue weighted by Gasteiger charge is 2.35. The molecule has 3 N–H and O–H groups in total. The molecule has 0 aliphatic heterocycles. The van der Waals surface area contributed by atoms with Crippen molar-refractivity contribution < 1.29 is 5.11 Å². The molecule has 15 heavy (non-hydrogen) atoms. The average Bonchev–Trinajstić information content (AvgIpc) is 2.28. The van der Waals surface area contributed by atoms with E-state index in [0.717, 1.165) is 11.8 Å². The zero-order valence-corrected chi connectivity index (χ0v) is 10.5. The molecule has 2 nitrogen and oxygen atoms in total. The molecule has 0 saturated heterocycles. The molecule has 0 aromatic rings. The Labute approximate surface area is 94.2 Å². The lowest BCUT2D eigenvalue weighted by Gasteiger charge is -2.40. The largest absolute Gasteiger partial charge is 0.396 e. The molecule has 0 bridgehead atoms. The fourth-order valence-corrected chi connectivity index (χ4v) is 2.84. The van der Waals surface area contributed by atoms with Gasteiger partial charge in [0.25, 0.3) is 0 Å². The summed E-state index contributed by atoms with van der Waals surface area (Å²) in [5.41, 5.74) is 5.74. The first-order chi connectivity index (χ1) is 7.03. The molecular weight excluding hydrogens is 186 g/mol. The SMILES string of the molecule is CC(C)C1CCC(C(C)(CN)CO)CC1. The summed E-state index contributed by atoms with van der Waals surface area (Å²) in [5.74, 6) is 2.33. The highest BCUT2D eigenvalue weighted by Crippen LogP contribution is 2.41. The van der Waals surface area contributed by atoms with Crippen molar-refractivity contribution >= 4 is 0 Å². The van der Waals surface area contributed by atoms with Crippen LogP contribution in [0.1, 0.15) is 46.5 Å². The van der Waals surface area contributed by atoms with Crippen LogP contribution in [0.4, 0.5) is 0 Å². The average molecular weight is 213 g/mol. The fourth-order valence-electron chi connectivity index (χ4n) is 2.84. The van der Waals surface area contributed by atoms with E-state index < -0.39 is 0 Å². The van der Waals surface area contributed by atoms with Crippen molar-refractivity contribution in [1.82, 2.24) is 0 Å². The zero-order valence-electron chi connectivity index (χ0n) is 10.5. The van der Waals surface area contributed by atoms with Gasteiger partial charge in [-0.25, -0.2) is 0 Å². The van der Waals surface area contributed by atoms with Gasteiger partial charge in [0, 0.05) is 18.6 Å². The van der Waals surface area contributed by atoms with Crippen molar-refractivity contribution in [3.8, 4) is 0 Å². The maximum Gasteiger partial charge on any atom is 0.0499 e. The van der Waals surface area contributed by atoms with E-state index in [-0.39, 0.29) is 12.0 Å². The number of hydrogen-bond acceptors (Lipinski definition) is 2. The molecule has 1 aliphatic carbocycles. The lowest BCUT2D eigenvalue weighted by Crippen LogP contribution is -2.40. The smallest absolute Gasteiger partial charge is 0.0499 e. The maximum atomic E-state index is 9.43. The summed E-state index contributed by atoms with van der Waals surface area (Å²) >= 11 is 0. The summed E-state index contributed by atoms with van der Waals surface area (Å²) in [5, 5.41) is 9.43. The van der Waals surface area contributed by atoms with E-state index in [9.17, 15) is 5.11 Å². The van der Waals surface area contributed by atoms with Crippen LogP contribution < -0.4 is 5.73 Å². The normalized spacial score (nSPS) is 31.6. The number of aliphatic hydroxyl groups excluding tert-OH is 1. The quantitative estimate of drug-likeness (QED) is 0.753. The van der Waals surface area contributed by atoms with E-state index in [2.05, 4.69) is 20.8 Å². The summed E-state index contributed by atoms with van der Waals surface area (Å²) in [6, 6.07) is 0. The van der Waals surface area contributed by atoms with E-state index in [1.807, 2.05) is 0 Å². The Kier molecular flexibility index (Phi) is 4.60. The summed E-state index contributed by atoms with van der Waals surface area (Å²) in [6.07, 6.45) is 5.13. The first-order valence-corrected chi connectivity index (χ1v) is 6.34. The van der Waals surface area contributed by atoms with Crippen LogP contribution in [0.5, 0.6) is 0 Å². The second kappa shape index (κ2) is 5.31. The van der Waals surface area contributed by atoms with Crippen LogP contribution in [0.15, 0.2) is 0 Å². The van der Waals surface area contributed by atoms with Crippen LogP contribution in [0.3, 0.4) is 0 Å². The molecule has 0 radical (unpaired) electrons. The summed E-state index contributed by atoms with van der Waals surface area (Å²) in [6.45, 7) is 7.62. The molecule has 0 aromatic heterocycles. The molecule has 0 aromatic carbocycles. The Morgan fingerprint density at radius 2 is 1.80 bits per heavy atom. The highest BCUT2D eigenvalue weighted by atomic mass is 16.3. The summed E-state index contributed by atoms with van der Waals surface area (Å²) in [4.78, 5) is 0. The van der Waals surface area contributed by atoms with Gasteiger partial charge in [0.15, 0.2) is 0 Å². The lowest BCUT2D eigenvalue weighted by molar-refractivity contribution is 0.0484. The molecule has 1 saturated carbocycles. The summed E-state index contributed by atoms with van der Waals surface area (Å²) < 4.78 is 0. The zero-order chi connectivity index (χ0) is 11.5. The Morgan fingerprint density at radius 1 is 1.27 bits per heavy atom. The molecule has 1 atom stereocenters. The second-order valence-electron chi connectivity index (χ2n) is 5.87. The fraction of sp³-hybridized carbons (Fsp3) is 1.00. The predicted octanol–water partition coefficient (Wildman–Crippen LogP) is 2.41. The Morgan fingerprint density at radius 3 is 2.13 bits per heavy atom. The van der Waals surface area contributed by atoms with Gasteiger partial charge in [-0.15, -0.1) is 0 Å². The molecule has 1 fully saturated rings. The first-order valence-electron chi connectivity index (χ1n) is 6.34. The monoisotopic (exact) mass is 213 g/mol. The van der Waals surface area contributed by atoms with E-state index in [4.69, 9.17) is 5.73 Å². The Hall–Kier alpha value is -0.0800. The highest BCUT2D eigenvalue weighted by molar-refractivity contribution is 4.87. The molecule has 0 heterocycles. The van der Waals surface area contributed by atoms with Crippen LogP contribution >= 0.6 is 0 Å². The van der Waals surface area contributed by atoms with Gasteiger partial charge in [0.05, 0.1) is 0 Å². The van der Waals surface area contributed by atoms with E-state index in [1.165, 1.54) is 25.7 Å². The minimum atomic E-state index is -0.0397. The number of rotatable bonds is 4. The lowest BCUT2D eigenvalue weighted by atomic mass is 9.66. The van der Waals surface area contributed by atoms with E-state index in [1.54, 1.807) is 0 Å². The van der Waals surface area contributed by atoms with E-state index in [0.29, 0.717) is 12.5 Å². The first kappa shape index (κ1) is 13.0. The molecular formula is C13H27NO. The molecule has 0 amide bonds. The van der Waals surface area contributed by atoms with Crippen LogP contribution in [0.25, 0.3) is 0 Å². The van der Waals surface area contributed by atoms with Crippen LogP contribution in [-0.4, -0.2) is 18.3 Å². The van der Waals surface area contributed by atoms with Crippen LogP contribution in [0.2, 0.25) is 0 Å². The van der Waals surface area contributed by atoms with Gasteiger partial charge in [-0.3, -0.25) is 0 Å². The third-order valence-corrected chi connectivity index (χ3v) is 4.53. The predicted molar refractivity (Wildman–Crippen MR) is 64.5 cm³/mol. The van der Waals surface area contributed by atoms with Crippen LogP contribution in [-0.2, 0) is 0 Å². The van der Waals surface area contributed by atoms with E-state index >= 15 is 0 Å². The molecule has 0 spiro atoms. The number of hydrogen-bond donors (Lipinski definition) is 2. The van der Waals surface area contributed by atoms with Gasteiger partial charge >= 0.3 is 0 Å². The van der Waals surface area contributed by atoms with Gasteiger partial charge in [-0.05, 0) is 43.4 Å². The minimum absolute atomic E-state index is 0.0397. The van der Waals surface area contributed by atoms with Gasteiger partial charge in [-0.2, -0.15) is 0 Å².